The normalized spacial score (nSPS) is 13.1. The maximum absolute atomic E-state index is 12.9. The molecule has 1 amide bonds. The molecule has 0 aliphatic heterocycles. The van der Waals surface area contributed by atoms with Gasteiger partial charge in [0.2, 0.25) is 0 Å². The van der Waals surface area contributed by atoms with Crippen molar-refractivity contribution < 1.29 is 14.3 Å². The van der Waals surface area contributed by atoms with E-state index in [1.54, 1.807) is 7.11 Å². The SMILES string of the molecule is CCC(Oc1ccc(C)c(C)c1)C(=O)NC(C)c1cc(C(C)C)c(OC)cc1C. The van der Waals surface area contributed by atoms with Gasteiger partial charge in [-0.25, -0.2) is 0 Å². The molecule has 2 unspecified atom stereocenters. The van der Waals surface area contributed by atoms with Crippen molar-refractivity contribution in [1.29, 1.82) is 0 Å². The molecule has 0 aliphatic rings. The molecule has 1 N–H and O–H groups in total. The number of nitrogens with one attached hydrogen (secondary N) is 1. The lowest BCUT2D eigenvalue weighted by Crippen LogP contribution is -2.39. The van der Waals surface area contributed by atoms with Crippen LogP contribution < -0.4 is 14.8 Å². The first-order valence-electron chi connectivity index (χ1n) is 10.4. The van der Waals surface area contributed by atoms with Gasteiger partial charge in [0.25, 0.3) is 5.91 Å². The smallest absolute Gasteiger partial charge is 0.261 e. The number of ether oxygens (including phenoxy) is 2. The van der Waals surface area contributed by atoms with E-state index in [1.807, 2.05) is 45.9 Å². The van der Waals surface area contributed by atoms with E-state index in [-0.39, 0.29) is 11.9 Å². The first-order valence-corrected chi connectivity index (χ1v) is 10.4. The highest BCUT2D eigenvalue weighted by Gasteiger charge is 2.22. The molecule has 2 rings (SSSR count). The van der Waals surface area contributed by atoms with Crippen molar-refractivity contribution in [3.05, 3.63) is 58.1 Å². The third-order valence-corrected chi connectivity index (χ3v) is 5.49. The maximum Gasteiger partial charge on any atom is 0.261 e. The maximum atomic E-state index is 12.9. The van der Waals surface area contributed by atoms with E-state index in [0.29, 0.717) is 12.3 Å². The first kappa shape index (κ1) is 22.8. The van der Waals surface area contributed by atoms with Crippen LogP contribution in [0.3, 0.4) is 0 Å². The van der Waals surface area contributed by atoms with Crippen molar-refractivity contribution in [2.75, 3.05) is 7.11 Å². The van der Waals surface area contributed by atoms with Gasteiger partial charge in [-0.1, -0.05) is 26.8 Å². The number of carbonyl (C=O) groups is 1. The van der Waals surface area contributed by atoms with Crippen molar-refractivity contribution >= 4 is 5.91 Å². The summed E-state index contributed by atoms with van der Waals surface area (Å²) >= 11 is 0. The van der Waals surface area contributed by atoms with Gasteiger partial charge in [-0.3, -0.25) is 4.79 Å². The van der Waals surface area contributed by atoms with E-state index in [9.17, 15) is 4.79 Å². The van der Waals surface area contributed by atoms with Crippen LogP contribution in [0.1, 0.15) is 73.9 Å². The summed E-state index contributed by atoms with van der Waals surface area (Å²) in [5.74, 6) is 1.86. The van der Waals surface area contributed by atoms with E-state index >= 15 is 0 Å². The molecule has 0 saturated carbocycles. The number of benzene rings is 2. The summed E-state index contributed by atoms with van der Waals surface area (Å²) in [6.45, 7) is 14.4. The minimum Gasteiger partial charge on any atom is -0.496 e. The summed E-state index contributed by atoms with van der Waals surface area (Å²) in [7, 11) is 1.70. The fourth-order valence-electron chi connectivity index (χ4n) is 3.47. The topological polar surface area (TPSA) is 47.6 Å². The van der Waals surface area contributed by atoms with Gasteiger partial charge in [-0.2, -0.15) is 0 Å². The summed E-state index contributed by atoms with van der Waals surface area (Å²) in [6, 6.07) is 10.0. The second-order valence-corrected chi connectivity index (χ2v) is 8.10. The highest BCUT2D eigenvalue weighted by Crippen LogP contribution is 2.32. The molecule has 158 valence electrons. The van der Waals surface area contributed by atoms with Crippen molar-refractivity contribution in [2.24, 2.45) is 0 Å². The second-order valence-electron chi connectivity index (χ2n) is 8.10. The van der Waals surface area contributed by atoms with Crippen LogP contribution in [-0.2, 0) is 4.79 Å². The Morgan fingerprint density at radius 2 is 1.66 bits per heavy atom. The number of aryl methyl sites for hydroxylation is 3. The fourth-order valence-corrected chi connectivity index (χ4v) is 3.47. The Labute approximate surface area is 175 Å². The molecule has 0 aromatic heterocycles. The zero-order chi connectivity index (χ0) is 21.7. The third kappa shape index (κ3) is 5.53. The van der Waals surface area contributed by atoms with E-state index in [2.05, 4.69) is 38.2 Å². The summed E-state index contributed by atoms with van der Waals surface area (Å²) in [5.41, 5.74) is 5.71. The molecule has 2 atom stereocenters. The predicted octanol–water partition coefficient (Wildman–Crippen LogP) is 5.78. The van der Waals surface area contributed by atoms with Gasteiger partial charge in [-0.05, 0) is 92.1 Å². The molecule has 4 nitrogen and oxygen atoms in total. The summed E-state index contributed by atoms with van der Waals surface area (Å²) < 4.78 is 11.5. The molecule has 0 spiro atoms. The van der Waals surface area contributed by atoms with Crippen molar-refractivity contribution in [3.63, 3.8) is 0 Å². The lowest BCUT2D eigenvalue weighted by atomic mass is 9.93. The van der Waals surface area contributed by atoms with E-state index < -0.39 is 6.10 Å². The van der Waals surface area contributed by atoms with Crippen molar-refractivity contribution in [2.45, 2.75) is 73.0 Å². The van der Waals surface area contributed by atoms with Crippen LogP contribution in [0.5, 0.6) is 11.5 Å². The van der Waals surface area contributed by atoms with Crippen LogP contribution in [0.2, 0.25) is 0 Å². The lowest BCUT2D eigenvalue weighted by Gasteiger charge is -2.24. The van der Waals surface area contributed by atoms with Crippen LogP contribution in [-0.4, -0.2) is 19.1 Å². The summed E-state index contributed by atoms with van der Waals surface area (Å²) in [4.78, 5) is 12.9. The molecule has 0 aliphatic carbocycles. The van der Waals surface area contributed by atoms with E-state index in [4.69, 9.17) is 9.47 Å². The molecule has 0 saturated heterocycles. The fraction of sp³-hybridized carbons (Fsp3) is 0.480. The van der Waals surface area contributed by atoms with Crippen LogP contribution in [0, 0.1) is 20.8 Å². The molecule has 2 aromatic rings. The molecule has 29 heavy (non-hydrogen) atoms. The molecular weight excluding hydrogens is 362 g/mol. The second kappa shape index (κ2) is 9.82. The van der Waals surface area contributed by atoms with Crippen molar-refractivity contribution in [1.82, 2.24) is 5.32 Å². The Balaban J connectivity index is 2.17. The molecule has 4 heteroatoms. The van der Waals surface area contributed by atoms with Crippen LogP contribution in [0.15, 0.2) is 30.3 Å². The number of carbonyl (C=O) groups excluding carboxylic acids is 1. The highest BCUT2D eigenvalue weighted by atomic mass is 16.5. The quantitative estimate of drug-likeness (QED) is 0.614. The molecule has 0 fully saturated rings. The number of hydrogen-bond donors (Lipinski definition) is 1. The van der Waals surface area contributed by atoms with Gasteiger partial charge in [0, 0.05) is 0 Å². The van der Waals surface area contributed by atoms with Crippen molar-refractivity contribution in [3.8, 4) is 11.5 Å². The van der Waals surface area contributed by atoms with Gasteiger partial charge in [0.15, 0.2) is 6.10 Å². The number of rotatable bonds is 8. The minimum absolute atomic E-state index is 0.0976. The standard InChI is InChI=1S/C25H35NO3/c1-9-23(29-20-11-10-16(4)17(5)12-20)25(27)26-19(7)22-14-21(15(2)3)24(28-8)13-18(22)6/h10-15,19,23H,9H2,1-8H3,(H,26,27). The summed E-state index contributed by atoms with van der Waals surface area (Å²) in [6.07, 6.45) is 0.0762. The van der Waals surface area contributed by atoms with Crippen LogP contribution in [0.25, 0.3) is 0 Å². The molecule has 0 radical (unpaired) electrons. The van der Waals surface area contributed by atoms with Gasteiger partial charge >= 0.3 is 0 Å². The molecule has 0 bridgehead atoms. The minimum atomic E-state index is -0.525. The first-order chi connectivity index (χ1) is 13.7. The third-order valence-electron chi connectivity index (χ3n) is 5.49. The predicted molar refractivity (Wildman–Crippen MR) is 119 cm³/mol. The molecule has 2 aromatic carbocycles. The Hall–Kier alpha value is -2.49. The lowest BCUT2D eigenvalue weighted by molar-refractivity contribution is -0.128. The number of hydrogen-bond acceptors (Lipinski definition) is 3. The Bertz CT molecular complexity index is 857. The van der Waals surface area contributed by atoms with Gasteiger partial charge in [-0.15, -0.1) is 0 Å². The Morgan fingerprint density at radius 3 is 2.21 bits per heavy atom. The Kier molecular flexibility index (Phi) is 7.72. The Morgan fingerprint density at radius 1 is 0.966 bits per heavy atom. The zero-order valence-corrected chi connectivity index (χ0v) is 19.1. The molecule has 0 heterocycles. The van der Waals surface area contributed by atoms with Crippen LogP contribution in [0.4, 0.5) is 0 Å². The monoisotopic (exact) mass is 397 g/mol. The average molecular weight is 398 g/mol. The van der Waals surface area contributed by atoms with Gasteiger partial charge < -0.3 is 14.8 Å². The van der Waals surface area contributed by atoms with E-state index in [1.165, 1.54) is 5.56 Å². The highest BCUT2D eigenvalue weighted by molar-refractivity contribution is 5.81. The van der Waals surface area contributed by atoms with E-state index in [0.717, 1.165) is 33.8 Å². The van der Waals surface area contributed by atoms with Gasteiger partial charge in [0.1, 0.15) is 11.5 Å². The number of methoxy groups -OCH3 is 1. The zero-order valence-electron chi connectivity index (χ0n) is 19.1. The molecular formula is C25H35NO3. The largest absolute Gasteiger partial charge is 0.496 e. The van der Waals surface area contributed by atoms with Gasteiger partial charge in [0.05, 0.1) is 13.2 Å². The van der Waals surface area contributed by atoms with Crippen LogP contribution >= 0.6 is 0 Å². The number of amides is 1. The average Bonchev–Trinajstić information content (AvgIpc) is 2.67. The summed E-state index contributed by atoms with van der Waals surface area (Å²) in [5, 5.41) is 3.13.